The molecule has 452 valence electrons. The van der Waals surface area contributed by atoms with Crippen LogP contribution in [-0.2, 0) is 33.3 Å². The second kappa shape index (κ2) is 60.1. The van der Waals surface area contributed by atoms with E-state index in [1.54, 1.807) is 0 Å². The van der Waals surface area contributed by atoms with Crippen LogP contribution >= 0.6 is 0 Å². The van der Waals surface area contributed by atoms with Gasteiger partial charge in [0.1, 0.15) is 13.2 Å². The van der Waals surface area contributed by atoms with Crippen LogP contribution in [0.4, 0.5) is 0 Å². The summed E-state index contributed by atoms with van der Waals surface area (Å²) < 4.78 is 22.7. The van der Waals surface area contributed by atoms with Crippen molar-refractivity contribution in [3.63, 3.8) is 0 Å². The molecule has 0 aliphatic heterocycles. The Bertz CT molecular complexity index is 1660. The van der Waals surface area contributed by atoms with Crippen molar-refractivity contribution in [1.82, 2.24) is 0 Å². The number of quaternary nitrogens is 1. The van der Waals surface area contributed by atoms with Crippen LogP contribution in [0.25, 0.3) is 0 Å². The maximum atomic E-state index is 12.9. The number of carboxylic acids is 1. The van der Waals surface area contributed by atoms with E-state index in [4.69, 9.17) is 18.9 Å². The maximum absolute atomic E-state index is 12.9. The Morgan fingerprint density at radius 1 is 0.392 bits per heavy atom. The Labute approximate surface area is 485 Å². The van der Waals surface area contributed by atoms with Gasteiger partial charge in [0.25, 0.3) is 0 Å². The molecule has 2 atom stereocenters. The Balaban J connectivity index is 4.23. The number of carboxylic acid groups (broad SMARTS) is 1. The fourth-order valence-corrected chi connectivity index (χ4v) is 8.61. The molecular weight excluding hydrogens is 983 g/mol. The highest BCUT2D eigenvalue weighted by atomic mass is 16.7. The largest absolute Gasteiger partial charge is 0.545 e. The lowest BCUT2D eigenvalue weighted by Crippen LogP contribution is -2.44. The Morgan fingerprint density at radius 2 is 0.722 bits per heavy atom. The number of nitrogens with zero attached hydrogens (tertiary/aromatic N) is 1. The number of hydrogen-bond acceptors (Lipinski definition) is 8. The molecule has 0 N–H and O–H groups in total. The number of aliphatic carboxylic acids is 1. The molecule has 0 aliphatic carbocycles. The number of unbranched alkanes of at least 4 members (excludes halogenated alkanes) is 25. The molecule has 0 amide bonds. The second-order valence-corrected chi connectivity index (χ2v) is 22.3. The van der Waals surface area contributed by atoms with E-state index >= 15 is 0 Å². The van der Waals surface area contributed by atoms with Crippen LogP contribution in [0.5, 0.6) is 0 Å². The van der Waals surface area contributed by atoms with E-state index in [2.05, 4.69) is 123 Å². The van der Waals surface area contributed by atoms with Crippen molar-refractivity contribution in [2.45, 2.75) is 270 Å². The summed E-state index contributed by atoms with van der Waals surface area (Å²) in [6.45, 7) is 4.61. The van der Waals surface area contributed by atoms with Crippen LogP contribution in [0, 0.1) is 0 Å². The number of rotatable bonds is 58. The number of esters is 2. The van der Waals surface area contributed by atoms with Gasteiger partial charge in [0.15, 0.2) is 12.4 Å². The molecule has 0 aromatic carbocycles. The summed E-state index contributed by atoms with van der Waals surface area (Å²) in [4.78, 5) is 37.4. The standard InChI is InChI=1S/C70H119NO8/c1-6-8-10-12-14-16-18-20-22-24-26-28-30-32-33-34-35-37-38-40-42-44-46-48-50-52-54-56-58-60-67(72)77-64-66(65-78-70(69(74)75)76-63-62-71(3,4)5)79-68(73)61-59-57-55-53-51-49-47-45-43-41-39-36-31-29-27-25-23-21-19-17-15-13-11-9-7-2/h9,11,15,17-18,20-21,23-24,26-27,29-30,32,36,39,43,45,66,70H,6-8,10,12-14,16,19,22,25,28,31,33-35,37-38,40-42,44,46-65H2,1-5H3/b11-9-,17-15-,20-18-,23-21-,26-24-,29-27-,32-30-,39-36-,45-43-. The van der Waals surface area contributed by atoms with E-state index in [0.717, 1.165) is 109 Å². The van der Waals surface area contributed by atoms with E-state index in [1.165, 1.54) is 116 Å². The fraction of sp³-hybridized carbons (Fsp3) is 0.700. The monoisotopic (exact) mass is 1100 g/mol. The van der Waals surface area contributed by atoms with E-state index in [0.29, 0.717) is 17.4 Å². The number of ether oxygens (including phenoxy) is 4. The van der Waals surface area contributed by atoms with Crippen molar-refractivity contribution in [1.29, 1.82) is 0 Å². The van der Waals surface area contributed by atoms with Gasteiger partial charge in [-0.1, -0.05) is 252 Å². The van der Waals surface area contributed by atoms with Crippen LogP contribution in [0.3, 0.4) is 0 Å². The molecule has 79 heavy (non-hydrogen) atoms. The first kappa shape index (κ1) is 75.0. The van der Waals surface area contributed by atoms with E-state index in [1.807, 2.05) is 21.1 Å². The zero-order valence-electron chi connectivity index (χ0n) is 51.5. The average Bonchev–Trinajstić information content (AvgIpc) is 3.42. The first-order valence-electron chi connectivity index (χ1n) is 32.0. The minimum Gasteiger partial charge on any atom is -0.545 e. The summed E-state index contributed by atoms with van der Waals surface area (Å²) in [5.41, 5.74) is 0. The molecule has 0 aromatic heterocycles. The summed E-state index contributed by atoms with van der Waals surface area (Å²) in [7, 11) is 5.91. The third kappa shape index (κ3) is 61.4. The van der Waals surface area contributed by atoms with Gasteiger partial charge in [-0.2, -0.15) is 0 Å². The summed E-state index contributed by atoms with van der Waals surface area (Å²) in [6, 6.07) is 0. The number of hydrogen-bond donors (Lipinski definition) is 0. The molecule has 0 saturated carbocycles. The normalized spacial score (nSPS) is 13.5. The van der Waals surface area contributed by atoms with E-state index in [9.17, 15) is 19.5 Å². The second-order valence-electron chi connectivity index (χ2n) is 22.3. The zero-order chi connectivity index (χ0) is 57.6. The van der Waals surface area contributed by atoms with Gasteiger partial charge >= 0.3 is 11.9 Å². The van der Waals surface area contributed by atoms with Crippen LogP contribution in [0.2, 0.25) is 0 Å². The average molecular weight is 1100 g/mol. The highest BCUT2D eigenvalue weighted by Crippen LogP contribution is 2.16. The van der Waals surface area contributed by atoms with Crippen molar-refractivity contribution in [2.75, 3.05) is 47.5 Å². The first-order valence-corrected chi connectivity index (χ1v) is 32.0. The smallest absolute Gasteiger partial charge is 0.306 e. The van der Waals surface area contributed by atoms with Gasteiger partial charge in [0.05, 0.1) is 40.3 Å². The van der Waals surface area contributed by atoms with Crippen molar-refractivity contribution in [3.8, 4) is 0 Å². The lowest BCUT2D eigenvalue weighted by Gasteiger charge is -2.26. The lowest BCUT2D eigenvalue weighted by atomic mass is 10.0. The molecular formula is C70H119NO8. The predicted molar refractivity (Wildman–Crippen MR) is 333 cm³/mol. The molecule has 0 spiro atoms. The van der Waals surface area contributed by atoms with Gasteiger partial charge in [-0.05, 0) is 103 Å². The Kier molecular flexibility index (Phi) is 57.0. The molecule has 2 unspecified atom stereocenters. The lowest BCUT2D eigenvalue weighted by molar-refractivity contribution is -0.870. The topological polar surface area (TPSA) is 111 Å². The Hall–Kier alpha value is -4.05. The van der Waals surface area contributed by atoms with Gasteiger partial charge in [-0.15, -0.1) is 0 Å². The molecule has 0 radical (unpaired) electrons. The first-order chi connectivity index (χ1) is 38.6. The highest BCUT2D eigenvalue weighted by molar-refractivity contribution is 5.70. The summed E-state index contributed by atoms with van der Waals surface area (Å²) in [5, 5.41) is 11.8. The van der Waals surface area contributed by atoms with E-state index in [-0.39, 0.29) is 38.6 Å². The third-order valence-electron chi connectivity index (χ3n) is 13.5. The van der Waals surface area contributed by atoms with Crippen molar-refractivity contribution < 1.29 is 42.9 Å². The molecule has 0 rings (SSSR count). The number of likely N-dealkylation sites (N-methyl/N-ethyl adjacent to an activating group) is 1. The van der Waals surface area contributed by atoms with Gasteiger partial charge in [-0.3, -0.25) is 9.59 Å². The minimum absolute atomic E-state index is 0.139. The summed E-state index contributed by atoms with van der Waals surface area (Å²) >= 11 is 0. The Morgan fingerprint density at radius 3 is 1.08 bits per heavy atom. The quantitative estimate of drug-likeness (QED) is 0.0195. The molecule has 0 aliphatic rings. The van der Waals surface area contributed by atoms with Gasteiger partial charge in [0, 0.05) is 12.8 Å². The number of carbonyl (C=O) groups is 3. The molecule has 9 nitrogen and oxygen atoms in total. The van der Waals surface area contributed by atoms with Crippen LogP contribution in [0.1, 0.15) is 258 Å². The zero-order valence-corrected chi connectivity index (χ0v) is 51.5. The number of allylic oxidation sites excluding steroid dienone is 18. The van der Waals surface area contributed by atoms with Gasteiger partial charge in [-0.25, -0.2) is 0 Å². The molecule has 0 bridgehead atoms. The van der Waals surface area contributed by atoms with Gasteiger partial charge < -0.3 is 33.3 Å². The van der Waals surface area contributed by atoms with Crippen molar-refractivity contribution >= 4 is 17.9 Å². The van der Waals surface area contributed by atoms with Crippen LogP contribution in [0.15, 0.2) is 109 Å². The summed E-state index contributed by atoms with van der Waals surface area (Å²) in [6.07, 6.45) is 80.0. The van der Waals surface area contributed by atoms with Gasteiger partial charge in [0.2, 0.25) is 0 Å². The molecule has 0 fully saturated rings. The minimum atomic E-state index is -1.63. The predicted octanol–water partition coefficient (Wildman–Crippen LogP) is 18.1. The molecule has 0 aromatic rings. The van der Waals surface area contributed by atoms with Crippen molar-refractivity contribution in [3.05, 3.63) is 109 Å². The van der Waals surface area contributed by atoms with Crippen LogP contribution < -0.4 is 5.11 Å². The SMILES string of the molecule is CC/C=C\C/C=C\C/C=C\C/C=C\C/C=C\C/C=C\CCCCCCCCC(=O)OC(COC(=O)CCCCCCCCCCCCCCCC/C=C\C/C=C\C/C=C\CCCCCCC)COC(OCC[N+](C)(C)C)C(=O)[O-]. The molecule has 0 heterocycles. The summed E-state index contributed by atoms with van der Waals surface area (Å²) in [5.74, 6) is -2.31. The fourth-order valence-electron chi connectivity index (χ4n) is 8.61. The van der Waals surface area contributed by atoms with E-state index < -0.39 is 24.3 Å². The number of carbonyl (C=O) groups excluding carboxylic acids is 3. The van der Waals surface area contributed by atoms with Crippen molar-refractivity contribution in [2.24, 2.45) is 0 Å². The molecule has 9 heteroatoms. The maximum Gasteiger partial charge on any atom is 0.306 e. The third-order valence-corrected chi connectivity index (χ3v) is 13.5. The molecule has 0 saturated heterocycles. The highest BCUT2D eigenvalue weighted by Gasteiger charge is 2.22. The van der Waals surface area contributed by atoms with Crippen LogP contribution in [-0.4, -0.2) is 82.3 Å².